The fraction of sp³-hybridized carbons (Fsp3) is 0.200. The molecule has 6 heteroatoms. The molecule has 0 saturated carbocycles. The monoisotopic (exact) mass is 223 g/mol. The van der Waals surface area contributed by atoms with E-state index in [1.54, 1.807) is 0 Å². The number of aromatic nitrogens is 3. The predicted molar refractivity (Wildman–Crippen MR) is 53.4 cm³/mol. The first-order valence-electron chi connectivity index (χ1n) is 4.59. The fourth-order valence-electron chi connectivity index (χ4n) is 1.42. The quantitative estimate of drug-likeness (QED) is 0.815. The molecule has 0 saturated heterocycles. The molecule has 16 heavy (non-hydrogen) atoms. The third kappa shape index (κ3) is 1.87. The molecule has 0 aliphatic rings. The van der Waals surface area contributed by atoms with Gasteiger partial charge in [-0.3, -0.25) is 0 Å². The SMILES string of the molecule is COc1ccc(F)cc1C(O)c1cn[nH]n1. The summed E-state index contributed by atoms with van der Waals surface area (Å²) in [6, 6.07) is 3.92. The minimum absolute atomic E-state index is 0.309. The summed E-state index contributed by atoms with van der Waals surface area (Å²) in [7, 11) is 1.45. The Morgan fingerprint density at radius 2 is 2.31 bits per heavy atom. The molecule has 1 unspecified atom stereocenters. The van der Waals surface area contributed by atoms with E-state index in [1.165, 1.54) is 31.5 Å². The van der Waals surface area contributed by atoms with Crippen LogP contribution in [0.5, 0.6) is 5.75 Å². The number of rotatable bonds is 3. The number of nitrogens with one attached hydrogen (secondary N) is 1. The minimum atomic E-state index is -1.07. The number of hydrogen-bond donors (Lipinski definition) is 2. The second-order valence-electron chi connectivity index (χ2n) is 3.18. The van der Waals surface area contributed by atoms with Crippen LogP contribution in [0.15, 0.2) is 24.4 Å². The maximum absolute atomic E-state index is 13.1. The maximum Gasteiger partial charge on any atom is 0.128 e. The molecule has 1 heterocycles. The summed E-state index contributed by atoms with van der Waals surface area (Å²) in [5, 5.41) is 19.6. The van der Waals surface area contributed by atoms with Crippen LogP contribution in [0.3, 0.4) is 0 Å². The highest BCUT2D eigenvalue weighted by Crippen LogP contribution is 2.29. The van der Waals surface area contributed by atoms with Crippen LogP contribution in [0.2, 0.25) is 0 Å². The van der Waals surface area contributed by atoms with Crippen molar-refractivity contribution in [2.75, 3.05) is 7.11 Å². The van der Waals surface area contributed by atoms with E-state index in [0.29, 0.717) is 17.0 Å². The Hall–Kier alpha value is -1.95. The Labute approximate surface area is 90.9 Å². The molecule has 2 rings (SSSR count). The number of benzene rings is 1. The van der Waals surface area contributed by atoms with Gasteiger partial charge in [0.25, 0.3) is 0 Å². The van der Waals surface area contributed by atoms with Gasteiger partial charge in [-0.25, -0.2) is 4.39 Å². The minimum Gasteiger partial charge on any atom is -0.496 e. The van der Waals surface area contributed by atoms with Crippen molar-refractivity contribution in [3.63, 3.8) is 0 Å². The number of aliphatic hydroxyl groups excluding tert-OH is 1. The van der Waals surface area contributed by atoms with Gasteiger partial charge in [0.05, 0.1) is 13.3 Å². The van der Waals surface area contributed by atoms with Gasteiger partial charge in [0, 0.05) is 5.56 Å². The van der Waals surface area contributed by atoms with E-state index in [4.69, 9.17) is 4.74 Å². The predicted octanol–water partition coefficient (Wildman–Crippen LogP) is 1.03. The highest BCUT2D eigenvalue weighted by atomic mass is 19.1. The van der Waals surface area contributed by atoms with Crippen LogP contribution in [-0.2, 0) is 0 Å². The first kappa shape index (κ1) is 10.6. The summed E-state index contributed by atoms with van der Waals surface area (Å²) < 4.78 is 18.1. The Bertz CT molecular complexity index is 473. The molecule has 0 amide bonds. The average Bonchev–Trinajstić information content (AvgIpc) is 2.81. The summed E-state index contributed by atoms with van der Waals surface area (Å²) in [6.07, 6.45) is 0.305. The molecule has 0 fully saturated rings. The number of aliphatic hydroxyl groups is 1. The van der Waals surface area contributed by atoms with E-state index in [2.05, 4.69) is 15.4 Å². The second kappa shape index (κ2) is 4.28. The summed E-state index contributed by atoms with van der Waals surface area (Å²) in [4.78, 5) is 0. The van der Waals surface area contributed by atoms with Crippen LogP contribution in [0.4, 0.5) is 4.39 Å². The van der Waals surface area contributed by atoms with E-state index < -0.39 is 11.9 Å². The molecular weight excluding hydrogens is 213 g/mol. The van der Waals surface area contributed by atoms with Crippen LogP contribution < -0.4 is 4.74 Å². The lowest BCUT2D eigenvalue weighted by molar-refractivity contribution is 0.209. The number of halogens is 1. The van der Waals surface area contributed by atoms with Crippen molar-refractivity contribution in [2.45, 2.75) is 6.10 Å². The van der Waals surface area contributed by atoms with E-state index in [0.717, 1.165) is 0 Å². The molecule has 2 aromatic rings. The van der Waals surface area contributed by atoms with Crippen molar-refractivity contribution in [1.82, 2.24) is 15.4 Å². The maximum atomic E-state index is 13.1. The zero-order valence-corrected chi connectivity index (χ0v) is 8.51. The molecule has 1 atom stereocenters. The third-order valence-electron chi connectivity index (χ3n) is 2.20. The van der Waals surface area contributed by atoms with E-state index in [1.807, 2.05) is 0 Å². The van der Waals surface area contributed by atoms with Crippen molar-refractivity contribution in [3.05, 3.63) is 41.5 Å². The highest BCUT2D eigenvalue weighted by Gasteiger charge is 2.18. The second-order valence-corrected chi connectivity index (χ2v) is 3.18. The Kier molecular flexibility index (Phi) is 2.82. The van der Waals surface area contributed by atoms with Crippen molar-refractivity contribution in [3.8, 4) is 5.75 Å². The third-order valence-corrected chi connectivity index (χ3v) is 2.20. The lowest BCUT2D eigenvalue weighted by Gasteiger charge is -2.12. The molecule has 0 bridgehead atoms. The van der Waals surface area contributed by atoms with Gasteiger partial charge in [0.2, 0.25) is 0 Å². The van der Waals surface area contributed by atoms with Gasteiger partial charge in [-0.15, -0.1) is 0 Å². The highest BCUT2D eigenvalue weighted by molar-refractivity contribution is 5.38. The zero-order valence-electron chi connectivity index (χ0n) is 8.51. The zero-order chi connectivity index (χ0) is 11.5. The molecule has 1 aromatic heterocycles. The van der Waals surface area contributed by atoms with Crippen LogP contribution in [0, 0.1) is 5.82 Å². The Morgan fingerprint density at radius 1 is 1.50 bits per heavy atom. The molecular formula is C10H10FN3O2. The van der Waals surface area contributed by atoms with Gasteiger partial charge in [0.15, 0.2) is 0 Å². The van der Waals surface area contributed by atoms with Crippen LogP contribution in [0.25, 0.3) is 0 Å². The molecule has 0 aliphatic carbocycles. The average molecular weight is 223 g/mol. The molecule has 5 nitrogen and oxygen atoms in total. The number of aromatic amines is 1. The van der Waals surface area contributed by atoms with Crippen molar-refractivity contribution >= 4 is 0 Å². The number of nitrogens with zero attached hydrogens (tertiary/aromatic N) is 2. The largest absolute Gasteiger partial charge is 0.496 e. The van der Waals surface area contributed by atoms with Crippen molar-refractivity contribution < 1.29 is 14.2 Å². The molecule has 1 aromatic carbocycles. The van der Waals surface area contributed by atoms with Gasteiger partial charge >= 0.3 is 0 Å². The summed E-state index contributed by atoms with van der Waals surface area (Å²) >= 11 is 0. The number of ether oxygens (including phenoxy) is 1. The van der Waals surface area contributed by atoms with Gasteiger partial charge < -0.3 is 9.84 Å². The standard InChI is InChI=1S/C10H10FN3O2/c1-16-9-3-2-6(11)4-7(9)10(15)8-5-12-14-13-8/h2-5,10,15H,1H3,(H,12,13,14). The molecule has 84 valence electrons. The number of hydrogen-bond acceptors (Lipinski definition) is 4. The van der Waals surface area contributed by atoms with Crippen LogP contribution in [0.1, 0.15) is 17.4 Å². The Balaban J connectivity index is 2.42. The van der Waals surface area contributed by atoms with E-state index in [9.17, 15) is 9.50 Å². The first-order chi connectivity index (χ1) is 7.72. The van der Waals surface area contributed by atoms with E-state index >= 15 is 0 Å². The van der Waals surface area contributed by atoms with Crippen molar-refractivity contribution in [1.29, 1.82) is 0 Å². The first-order valence-corrected chi connectivity index (χ1v) is 4.59. The normalized spacial score (nSPS) is 12.4. The van der Waals surface area contributed by atoms with Gasteiger partial charge in [-0.2, -0.15) is 15.4 Å². The topological polar surface area (TPSA) is 71.0 Å². The lowest BCUT2D eigenvalue weighted by Crippen LogP contribution is -2.03. The molecule has 2 N–H and O–H groups in total. The van der Waals surface area contributed by atoms with Gasteiger partial charge in [-0.05, 0) is 18.2 Å². The number of H-pyrrole nitrogens is 1. The van der Waals surface area contributed by atoms with Crippen LogP contribution in [-0.4, -0.2) is 27.6 Å². The van der Waals surface area contributed by atoms with Gasteiger partial charge in [-0.1, -0.05) is 0 Å². The summed E-state index contributed by atoms with van der Waals surface area (Å²) in [5.41, 5.74) is 0.625. The lowest BCUT2D eigenvalue weighted by atomic mass is 10.1. The Morgan fingerprint density at radius 3 is 2.94 bits per heavy atom. The summed E-state index contributed by atoms with van der Waals surface area (Å²) in [5.74, 6) is -0.0461. The van der Waals surface area contributed by atoms with Crippen molar-refractivity contribution in [2.24, 2.45) is 0 Å². The fourth-order valence-corrected chi connectivity index (χ4v) is 1.42. The summed E-state index contributed by atoms with van der Waals surface area (Å²) in [6.45, 7) is 0. The van der Waals surface area contributed by atoms with Crippen LogP contribution >= 0.6 is 0 Å². The molecule has 0 aliphatic heterocycles. The van der Waals surface area contributed by atoms with E-state index in [-0.39, 0.29) is 0 Å². The van der Waals surface area contributed by atoms with Gasteiger partial charge in [0.1, 0.15) is 23.4 Å². The smallest absolute Gasteiger partial charge is 0.128 e. The molecule has 0 radical (unpaired) electrons. The number of methoxy groups -OCH3 is 1. The molecule has 0 spiro atoms.